The molecule has 1 amide bonds. The zero-order valence-corrected chi connectivity index (χ0v) is 10.7. The number of likely N-dealkylation sites (tertiary alicyclic amines) is 1. The molecular formula is C15H17FN2O. The van der Waals surface area contributed by atoms with Crippen molar-refractivity contribution in [1.82, 2.24) is 4.90 Å². The first-order valence-corrected chi connectivity index (χ1v) is 7.07. The highest BCUT2D eigenvalue weighted by Gasteiger charge is 2.41. The van der Waals surface area contributed by atoms with Crippen LogP contribution in [0.3, 0.4) is 0 Å². The minimum atomic E-state index is -0.188. The lowest BCUT2D eigenvalue weighted by atomic mass is 9.89. The molecule has 4 heteroatoms. The predicted molar refractivity (Wildman–Crippen MR) is 70.5 cm³/mol. The number of halogens is 1. The minimum Gasteiger partial charge on any atom is -0.381 e. The first-order chi connectivity index (χ1) is 9.22. The Kier molecular flexibility index (Phi) is 2.34. The van der Waals surface area contributed by atoms with Crippen molar-refractivity contribution in [2.45, 2.75) is 31.2 Å². The molecule has 1 N–H and O–H groups in total. The van der Waals surface area contributed by atoms with Crippen molar-refractivity contribution in [3.8, 4) is 0 Å². The molecule has 100 valence electrons. The highest BCUT2D eigenvalue weighted by atomic mass is 19.1. The molecule has 0 bridgehead atoms. The van der Waals surface area contributed by atoms with Crippen molar-refractivity contribution in [2.24, 2.45) is 5.92 Å². The van der Waals surface area contributed by atoms with Crippen LogP contribution in [0.4, 0.5) is 10.1 Å². The third kappa shape index (κ3) is 1.81. The normalized spacial score (nSPS) is 28.6. The van der Waals surface area contributed by atoms with Crippen molar-refractivity contribution < 1.29 is 9.18 Å². The van der Waals surface area contributed by atoms with E-state index >= 15 is 0 Å². The van der Waals surface area contributed by atoms with Gasteiger partial charge in [0.15, 0.2) is 0 Å². The molecule has 2 atom stereocenters. The van der Waals surface area contributed by atoms with Crippen LogP contribution in [-0.2, 0) is 4.79 Å². The third-order valence-electron chi connectivity index (χ3n) is 4.61. The fourth-order valence-electron chi connectivity index (χ4n) is 3.40. The van der Waals surface area contributed by atoms with Gasteiger partial charge in [0.1, 0.15) is 5.82 Å². The lowest BCUT2D eigenvalue weighted by Gasteiger charge is -2.35. The number of anilines is 1. The van der Waals surface area contributed by atoms with Crippen LogP contribution in [0.1, 0.15) is 30.7 Å². The second kappa shape index (κ2) is 3.95. The summed E-state index contributed by atoms with van der Waals surface area (Å²) in [5.41, 5.74) is 2.08. The highest BCUT2D eigenvalue weighted by molar-refractivity contribution is 5.81. The number of nitrogens with one attached hydrogen (secondary N) is 1. The smallest absolute Gasteiger partial charge is 0.225 e. The standard InChI is InChI=1S/C15H17FN2O/c16-10-3-4-13-11(7-10)12-8-18(6-5-14(12)17-13)15(19)9-1-2-9/h3-4,7,9,12,14,17H,1-2,5-6,8H2/t12-,14+/m0/s1. The van der Waals surface area contributed by atoms with E-state index in [2.05, 4.69) is 5.32 Å². The van der Waals surface area contributed by atoms with E-state index in [9.17, 15) is 9.18 Å². The van der Waals surface area contributed by atoms with Crippen LogP contribution in [0.2, 0.25) is 0 Å². The largest absolute Gasteiger partial charge is 0.381 e. The van der Waals surface area contributed by atoms with Gasteiger partial charge in [-0.2, -0.15) is 0 Å². The van der Waals surface area contributed by atoms with E-state index in [-0.39, 0.29) is 17.7 Å². The molecule has 2 aliphatic heterocycles. The van der Waals surface area contributed by atoms with Crippen LogP contribution in [-0.4, -0.2) is 29.9 Å². The summed E-state index contributed by atoms with van der Waals surface area (Å²) in [5.74, 6) is 0.648. The summed E-state index contributed by atoms with van der Waals surface area (Å²) in [6, 6.07) is 5.30. The van der Waals surface area contributed by atoms with E-state index < -0.39 is 0 Å². The number of hydrogen-bond acceptors (Lipinski definition) is 2. The highest BCUT2D eigenvalue weighted by Crippen LogP contribution is 2.41. The molecule has 1 aromatic rings. The summed E-state index contributed by atoms with van der Waals surface area (Å²) in [5, 5.41) is 3.46. The fraction of sp³-hybridized carbons (Fsp3) is 0.533. The molecule has 0 radical (unpaired) electrons. The van der Waals surface area contributed by atoms with E-state index in [1.807, 2.05) is 11.0 Å². The Labute approximate surface area is 111 Å². The Morgan fingerprint density at radius 1 is 1.32 bits per heavy atom. The predicted octanol–water partition coefficient (Wildman–Crippen LogP) is 2.35. The van der Waals surface area contributed by atoms with Gasteiger partial charge in [-0.05, 0) is 43.0 Å². The molecule has 0 spiro atoms. The second-order valence-electron chi connectivity index (χ2n) is 5.94. The van der Waals surface area contributed by atoms with Gasteiger partial charge in [0, 0.05) is 36.7 Å². The molecule has 3 nitrogen and oxygen atoms in total. The number of carbonyl (C=O) groups is 1. The van der Waals surface area contributed by atoms with Crippen molar-refractivity contribution >= 4 is 11.6 Å². The van der Waals surface area contributed by atoms with Crippen molar-refractivity contribution in [3.63, 3.8) is 0 Å². The van der Waals surface area contributed by atoms with E-state index in [4.69, 9.17) is 0 Å². The number of piperidine rings is 1. The Morgan fingerprint density at radius 3 is 2.95 bits per heavy atom. The molecule has 0 unspecified atom stereocenters. The van der Waals surface area contributed by atoms with Gasteiger partial charge in [0.2, 0.25) is 5.91 Å². The average Bonchev–Trinajstić information content (AvgIpc) is 3.20. The van der Waals surface area contributed by atoms with Crippen molar-refractivity contribution in [1.29, 1.82) is 0 Å². The van der Waals surface area contributed by atoms with Crippen LogP contribution >= 0.6 is 0 Å². The molecular weight excluding hydrogens is 243 g/mol. The van der Waals surface area contributed by atoms with Crippen LogP contribution in [0.5, 0.6) is 0 Å². The summed E-state index contributed by atoms with van der Waals surface area (Å²) < 4.78 is 13.4. The van der Waals surface area contributed by atoms with Crippen LogP contribution in [0.25, 0.3) is 0 Å². The second-order valence-corrected chi connectivity index (χ2v) is 5.94. The number of nitrogens with zero attached hydrogens (tertiary/aromatic N) is 1. The van der Waals surface area contributed by atoms with Crippen LogP contribution in [0, 0.1) is 11.7 Å². The number of hydrogen-bond donors (Lipinski definition) is 1. The van der Waals surface area contributed by atoms with Gasteiger partial charge in [-0.15, -0.1) is 0 Å². The molecule has 2 fully saturated rings. The van der Waals surface area contributed by atoms with Gasteiger partial charge in [0.25, 0.3) is 0 Å². The summed E-state index contributed by atoms with van der Waals surface area (Å²) in [6.45, 7) is 1.57. The first-order valence-electron chi connectivity index (χ1n) is 7.07. The van der Waals surface area contributed by atoms with E-state index in [0.29, 0.717) is 11.9 Å². The SMILES string of the molecule is O=C(C1CC1)N1CC[C@H]2Nc3ccc(F)cc3[C@@H]2C1. The number of benzene rings is 1. The topological polar surface area (TPSA) is 32.3 Å². The van der Waals surface area contributed by atoms with Gasteiger partial charge >= 0.3 is 0 Å². The van der Waals surface area contributed by atoms with E-state index in [1.165, 1.54) is 6.07 Å². The summed E-state index contributed by atoms with van der Waals surface area (Å²) in [4.78, 5) is 14.1. The molecule has 2 heterocycles. The van der Waals surface area contributed by atoms with E-state index in [1.54, 1.807) is 6.07 Å². The quantitative estimate of drug-likeness (QED) is 0.840. The van der Waals surface area contributed by atoms with Gasteiger partial charge in [-0.3, -0.25) is 4.79 Å². The summed E-state index contributed by atoms with van der Waals surface area (Å²) in [7, 11) is 0. The fourth-order valence-corrected chi connectivity index (χ4v) is 3.40. The maximum absolute atomic E-state index is 13.4. The molecule has 19 heavy (non-hydrogen) atoms. The Morgan fingerprint density at radius 2 is 2.16 bits per heavy atom. The zero-order chi connectivity index (χ0) is 13.0. The Bertz CT molecular complexity index is 541. The van der Waals surface area contributed by atoms with Gasteiger partial charge < -0.3 is 10.2 Å². The molecule has 0 aromatic heterocycles. The third-order valence-corrected chi connectivity index (χ3v) is 4.61. The lowest BCUT2D eigenvalue weighted by Crippen LogP contribution is -2.45. The molecule has 1 aromatic carbocycles. The number of rotatable bonds is 1. The van der Waals surface area contributed by atoms with Gasteiger partial charge in [-0.1, -0.05) is 0 Å². The van der Waals surface area contributed by atoms with Crippen LogP contribution in [0.15, 0.2) is 18.2 Å². The number of fused-ring (bicyclic) bond motifs is 3. The van der Waals surface area contributed by atoms with Gasteiger partial charge in [0.05, 0.1) is 0 Å². The molecule has 3 aliphatic rings. The molecule has 4 rings (SSSR count). The minimum absolute atomic E-state index is 0.188. The summed E-state index contributed by atoms with van der Waals surface area (Å²) in [6.07, 6.45) is 3.05. The lowest BCUT2D eigenvalue weighted by molar-refractivity contribution is -0.133. The maximum Gasteiger partial charge on any atom is 0.225 e. The first kappa shape index (κ1) is 11.3. The molecule has 1 saturated carbocycles. The molecule has 1 saturated heterocycles. The Hall–Kier alpha value is -1.58. The monoisotopic (exact) mass is 260 g/mol. The summed E-state index contributed by atoms with van der Waals surface area (Å²) >= 11 is 0. The number of carbonyl (C=O) groups excluding carboxylic acids is 1. The van der Waals surface area contributed by atoms with Gasteiger partial charge in [-0.25, -0.2) is 4.39 Å². The maximum atomic E-state index is 13.4. The average molecular weight is 260 g/mol. The van der Waals surface area contributed by atoms with Crippen molar-refractivity contribution in [3.05, 3.63) is 29.6 Å². The number of amides is 1. The van der Waals surface area contributed by atoms with Crippen LogP contribution < -0.4 is 5.32 Å². The van der Waals surface area contributed by atoms with E-state index in [0.717, 1.165) is 43.6 Å². The van der Waals surface area contributed by atoms with Crippen molar-refractivity contribution in [2.75, 3.05) is 18.4 Å². The Balaban J connectivity index is 1.59. The molecule has 1 aliphatic carbocycles. The zero-order valence-electron chi connectivity index (χ0n) is 10.7.